The number of carbonyl (C=O) groups excluding carboxylic acids is 2. The first-order chi connectivity index (χ1) is 13.2. The largest absolute Gasteiger partial charge is 0.573 e. The van der Waals surface area contributed by atoms with E-state index in [1.807, 2.05) is 0 Å². The average Bonchev–Trinajstić information content (AvgIpc) is 2.61. The highest BCUT2D eigenvalue weighted by Gasteiger charge is 2.31. The Hall–Kier alpha value is -3.23. The number of nitrogens with one attached hydrogen (secondary N) is 1. The third-order valence-corrected chi connectivity index (χ3v) is 3.61. The fourth-order valence-electron chi connectivity index (χ4n) is 2.41. The Kier molecular flexibility index (Phi) is 6.86. The second kappa shape index (κ2) is 9.12. The molecule has 0 spiro atoms. The Balaban J connectivity index is 2.09. The first-order valence-corrected chi connectivity index (χ1v) is 8.39. The van der Waals surface area contributed by atoms with Crippen molar-refractivity contribution in [3.05, 3.63) is 53.6 Å². The highest BCUT2D eigenvalue weighted by Crippen LogP contribution is 2.26. The fourth-order valence-corrected chi connectivity index (χ4v) is 2.41. The summed E-state index contributed by atoms with van der Waals surface area (Å²) in [5.41, 5.74) is 6.74. The van der Waals surface area contributed by atoms with Crippen molar-refractivity contribution in [2.45, 2.75) is 26.1 Å². The summed E-state index contributed by atoms with van der Waals surface area (Å²) < 4.78 is 45.7. The van der Waals surface area contributed by atoms with Crippen molar-refractivity contribution in [2.24, 2.45) is 0 Å². The Labute approximate surface area is 159 Å². The van der Waals surface area contributed by atoms with Gasteiger partial charge in [-0.15, -0.1) is 13.2 Å². The zero-order valence-electron chi connectivity index (χ0n) is 15.0. The molecule has 0 aliphatic carbocycles. The van der Waals surface area contributed by atoms with Gasteiger partial charge < -0.3 is 20.5 Å². The summed E-state index contributed by atoms with van der Waals surface area (Å²) in [6.45, 7) is 2.02. The predicted molar refractivity (Wildman–Crippen MR) is 96.9 cm³/mol. The highest BCUT2D eigenvalue weighted by molar-refractivity contribution is 6.08. The zero-order chi connectivity index (χ0) is 20.7. The molecule has 0 heterocycles. The summed E-state index contributed by atoms with van der Waals surface area (Å²) >= 11 is 0. The van der Waals surface area contributed by atoms with Crippen LogP contribution in [0.3, 0.4) is 0 Å². The number of carbonyl (C=O) groups is 2. The third kappa shape index (κ3) is 6.49. The normalized spacial score (nSPS) is 11.0. The van der Waals surface area contributed by atoms with E-state index in [9.17, 15) is 22.8 Å². The molecule has 0 aromatic heterocycles. The molecule has 1 amide bonds. The Morgan fingerprint density at radius 3 is 2.57 bits per heavy atom. The summed E-state index contributed by atoms with van der Waals surface area (Å²) in [4.78, 5) is 23.8. The summed E-state index contributed by atoms with van der Waals surface area (Å²) in [7, 11) is 0. The number of amides is 1. The van der Waals surface area contributed by atoms with Crippen molar-refractivity contribution < 1.29 is 32.2 Å². The summed E-state index contributed by atoms with van der Waals surface area (Å²) in [6.07, 6.45) is -4.27. The summed E-state index contributed by atoms with van der Waals surface area (Å²) in [5, 5.41) is 2.57. The van der Waals surface area contributed by atoms with Crippen LogP contribution < -0.4 is 15.8 Å². The minimum atomic E-state index is -4.88. The number of hydrogen-bond donors (Lipinski definition) is 2. The molecule has 0 saturated carbocycles. The Morgan fingerprint density at radius 1 is 1.14 bits per heavy atom. The molecule has 0 radical (unpaired) electrons. The maximum atomic E-state index is 12.4. The number of nitrogens with two attached hydrogens (primary N) is 1. The van der Waals surface area contributed by atoms with Gasteiger partial charge in [-0.1, -0.05) is 12.1 Å². The van der Waals surface area contributed by atoms with Crippen molar-refractivity contribution in [1.82, 2.24) is 0 Å². The number of anilines is 2. The highest BCUT2D eigenvalue weighted by atomic mass is 19.4. The lowest BCUT2D eigenvalue weighted by atomic mass is 10.1. The van der Waals surface area contributed by atoms with E-state index in [-0.39, 0.29) is 23.6 Å². The van der Waals surface area contributed by atoms with Gasteiger partial charge in [-0.05, 0) is 49.2 Å². The van der Waals surface area contributed by atoms with Gasteiger partial charge >= 0.3 is 12.3 Å². The first kappa shape index (κ1) is 21.1. The summed E-state index contributed by atoms with van der Waals surface area (Å²) in [5.74, 6) is -1.56. The molecule has 28 heavy (non-hydrogen) atoms. The van der Waals surface area contributed by atoms with Gasteiger partial charge in [0.1, 0.15) is 5.75 Å². The van der Waals surface area contributed by atoms with Crippen LogP contribution in [0.4, 0.5) is 24.5 Å². The standard InChI is InChI=1S/C19H19F3N2O4/c1-2-27-17(25)9-6-12-4-3-5-13(10-12)24-18(26)15-11-14(7-8-16(15)23)28-19(20,21)22/h3-5,7-8,10-11H,2,6,9,23H2,1H3,(H,24,26). The maximum absolute atomic E-state index is 12.4. The van der Waals surface area contributed by atoms with Gasteiger partial charge in [-0.3, -0.25) is 9.59 Å². The number of halogens is 3. The van der Waals surface area contributed by atoms with Crippen molar-refractivity contribution in [3.63, 3.8) is 0 Å². The van der Waals surface area contributed by atoms with E-state index in [0.717, 1.165) is 23.8 Å². The molecule has 0 aliphatic heterocycles. The molecule has 0 fully saturated rings. The van der Waals surface area contributed by atoms with Crippen LogP contribution in [0.25, 0.3) is 0 Å². The third-order valence-electron chi connectivity index (χ3n) is 3.61. The molecule has 6 nitrogen and oxygen atoms in total. The van der Waals surface area contributed by atoms with E-state index < -0.39 is 18.0 Å². The van der Waals surface area contributed by atoms with Crippen LogP contribution in [0.5, 0.6) is 5.75 Å². The smallest absolute Gasteiger partial charge is 0.466 e. The number of aryl methyl sites for hydroxylation is 1. The topological polar surface area (TPSA) is 90.6 Å². The summed E-state index contributed by atoms with van der Waals surface area (Å²) in [6, 6.07) is 9.83. The van der Waals surface area contributed by atoms with Crippen molar-refractivity contribution in [2.75, 3.05) is 17.7 Å². The van der Waals surface area contributed by atoms with Crippen LogP contribution in [0.15, 0.2) is 42.5 Å². The maximum Gasteiger partial charge on any atom is 0.573 e. The molecule has 150 valence electrons. The first-order valence-electron chi connectivity index (χ1n) is 8.39. The average molecular weight is 396 g/mol. The van der Waals surface area contributed by atoms with Gasteiger partial charge in [0.05, 0.1) is 12.2 Å². The number of hydrogen-bond acceptors (Lipinski definition) is 5. The van der Waals surface area contributed by atoms with E-state index >= 15 is 0 Å². The lowest BCUT2D eigenvalue weighted by molar-refractivity contribution is -0.274. The van der Waals surface area contributed by atoms with Crippen molar-refractivity contribution in [1.29, 1.82) is 0 Å². The van der Waals surface area contributed by atoms with Gasteiger partial charge in [-0.2, -0.15) is 0 Å². The number of rotatable bonds is 7. The second-order valence-electron chi connectivity index (χ2n) is 5.76. The van der Waals surface area contributed by atoms with E-state index in [0.29, 0.717) is 18.7 Å². The van der Waals surface area contributed by atoms with E-state index in [2.05, 4.69) is 10.1 Å². The number of nitrogen functional groups attached to an aromatic ring is 1. The molecule has 0 atom stereocenters. The fraction of sp³-hybridized carbons (Fsp3) is 0.263. The second-order valence-corrected chi connectivity index (χ2v) is 5.76. The molecule has 9 heteroatoms. The van der Waals surface area contributed by atoms with E-state index in [4.69, 9.17) is 10.5 Å². The predicted octanol–water partition coefficient (Wildman–Crippen LogP) is 3.92. The van der Waals surface area contributed by atoms with Gasteiger partial charge in [-0.25, -0.2) is 0 Å². The molecule has 0 unspecified atom stereocenters. The molecular weight excluding hydrogens is 377 g/mol. The Bertz CT molecular complexity index is 853. The lowest BCUT2D eigenvalue weighted by Crippen LogP contribution is -2.19. The van der Waals surface area contributed by atoms with Crippen LogP contribution in [-0.4, -0.2) is 24.8 Å². The van der Waals surface area contributed by atoms with Crippen LogP contribution in [0, 0.1) is 0 Å². The molecule has 2 rings (SSSR count). The van der Waals surface area contributed by atoms with Gasteiger partial charge in [0, 0.05) is 17.8 Å². The quantitative estimate of drug-likeness (QED) is 0.547. The number of alkyl halides is 3. The zero-order valence-corrected chi connectivity index (χ0v) is 15.0. The molecular formula is C19H19F3N2O4. The molecule has 3 N–H and O–H groups in total. The van der Waals surface area contributed by atoms with Gasteiger partial charge in [0.15, 0.2) is 0 Å². The van der Waals surface area contributed by atoms with Crippen LogP contribution in [-0.2, 0) is 16.0 Å². The number of esters is 1. The van der Waals surface area contributed by atoms with E-state index in [1.165, 1.54) is 0 Å². The van der Waals surface area contributed by atoms with E-state index in [1.54, 1.807) is 31.2 Å². The van der Waals surface area contributed by atoms with Gasteiger partial charge in [0.2, 0.25) is 0 Å². The molecule has 2 aromatic rings. The molecule has 0 aliphatic rings. The van der Waals surface area contributed by atoms with Crippen molar-refractivity contribution >= 4 is 23.3 Å². The number of ether oxygens (including phenoxy) is 2. The lowest BCUT2D eigenvalue weighted by Gasteiger charge is -2.12. The molecule has 0 saturated heterocycles. The minimum Gasteiger partial charge on any atom is -0.466 e. The Morgan fingerprint density at radius 2 is 1.89 bits per heavy atom. The van der Waals surface area contributed by atoms with Crippen molar-refractivity contribution in [3.8, 4) is 5.75 Å². The van der Waals surface area contributed by atoms with Crippen LogP contribution in [0.1, 0.15) is 29.3 Å². The monoisotopic (exact) mass is 396 g/mol. The molecule has 2 aromatic carbocycles. The SMILES string of the molecule is CCOC(=O)CCc1cccc(NC(=O)c2cc(OC(F)(F)F)ccc2N)c1. The van der Waals surface area contributed by atoms with Crippen LogP contribution >= 0.6 is 0 Å². The van der Waals surface area contributed by atoms with Gasteiger partial charge in [0.25, 0.3) is 5.91 Å². The minimum absolute atomic E-state index is 0.00508. The molecule has 0 bridgehead atoms. The van der Waals surface area contributed by atoms with Crippen LogP contribution in [0.2, 0.25) is 0 Å². The number of benzene rings is 2.